The fraction of sp³-hybridized carbons (Fsp3) is 0.600. The maximum atomic E-state index is 13.5. The highest BCUT2D eigenvalue weighted by Gasteiger charge is 2.11. The highest BCUT2D eigenvalue weighted by molar-refractivity contribution is 7.91. The number of sulfone groups is 1. The van der Waals surface area contributed by atoms with Gasteiger partial charge in [0, 0.05) is 23.9 Å². The first-order valence-corrected chi connectivity index (χ1v) is 8.81. The molecule has 21 heavy (non-hydrogen) atoms. The topological polar surface area (TPSA) is 55.4 Å². The normalized spacial score (nSPS) is 12.4. The average Bonchev–Trinajstić information content (AvgIpc) is 2.35. The zero-order valence-electron chi connectivity index (χ0n) is 13.1. The molecule has 4 nitrogen and oxygen atoms in total. The van der Waals surface area contributed by atoms with E-state index < -0.39 is 15.7 Å². The summed E-state index contributed by atoms with van der Waals surface area (Å²) >= 11 is 0. The molecule has 0 atom stereocenters. The molecule has 0 fully saturated rings. The summed E-state index contributed by atoms with van der Waals surface area (Å²) in [6.45, 7) is 8.22. The van der Waals surface area contributed by atoms with E-state index in [1.807, 2.05) is 20.8 Å². The Labute approximate surface area is 126 Å². The molecule has 0 unspecified atom stereocenters. The van der Waals surface area contributed by atoms with Gasteiger partial charge < -0.3 is 10.1 Å². The van der Waals surface area contributed by atoms with Crippen molar-refractivity contribution >= 4 is 9.84 Å². The maximum Gasteiger partial charge on any atom is 0.153 e. The van der Waals surface area contributed by atoms with Gasteiger partial charge in [0.15, 0.2) is 9.84 Å². The third kappa shape index (κ3) is 7.43. The third-order valence-electron chi connectivity index (χ3n) is 2.86. The van der Waals surface area contributed by atoms with Crippen LogP contribution in [0.5, 0.6) is 5.75 Å². The van der Waals surface area contributed by atoms with E-state index in [-0.39, 0.29) is 23.7 Å². The maximum absolute atomic E-state index is 13.5. The lowest BCUT2D eigenvalue weighted by Gasteiger charge is -2.20. The van der Waals surface area contributed by atoms with E-state index in [0.29, 0.717) is 12.3 Å². The summed E-state index contributed by atoms with van der Waals surface area (Å²) in [5.41, 5.74) is 0.695. The third-order valence-corrected chi connectivity index (χ3v) is 4.53. The molecule has 0 spiro atoms. The molecular formula is C15H24FNO3S. The summed E-state index contributed by atoms with van der Waals surface area (Å²) in [6.07, 6.45) is 0. The van der Waals surface area contributed by atoms with Crippen LogP contribution in [0.4, 0.5) is 4.39 Å². The largest absolute Gasteiger partial charge is 0.492 e. The molecule has 0 aromatic heterocycles. The van der Waals surface area contributed by atoms with Gasteiger partial charge in [-0.3, -0.25) is 0 Å². The molecule has 1 aromatic carbocycles. The zero-order valence-corrected chi connectivity index (χ0v) is 13.9. The van der Waals surface area contributed by atoms with Crippen LogP contribution in [0.1, 0.15) is 33.3 Å². The molecular weight excluding hydrogens is 293 g/mol. The Morgan fingerprint density at radius 3 is 2.48 bits per heavy atom. The summed E-state index contributed by atoms with van der Waals surface area (Å²) in [7, 11) is -3.07. The second kappa shape index (κ2) is 7.22. The molecule has 1 N–H and O–H groups in total. The molecule has 0 aliphatic heterocycles. The Morgan fingerprint density at radius 2 is 1.90 bits per heavy atom. The van der Waals surface area contributed by atoms with Gasteiger partial charge in [0.05, 0.1) is 5.75 Å². The minimum atomic E-state index is -3.07. The summed E-state index contributed by atoms with van der Waals surface area (Å²) in [4.78, 5) is 0. The molecule has 120 valence electrons. The summed E-state index contributed by atoms with van der Waals surface area (Å²) in [5.74, 6) is -0.0147. The Morgan fingerprint density at radius 1 is 1.24 bits per heavy atom. The van der Waals surface area contributed by atoms with Gasteiger partial charge in [0.1, 0.15) is 18.2 Å². The predicted molar refractivity (Wildman–Crippen MR) is 82.8 cm³/mol. The van der Waals surface area contributed by atoms with Gasteiger partial charge in [0.25, 0.3) is 0 Å². The van der Waals surface area contributed by atoms with Crippen molar-refractivity contribution in [3.63, 3.8) is 0 Å². The Bertz CT molecular complexity index is 565. The van der Waals surface area contributed by atoms with Crippen molar-refractivity contribution in [3.05, 3.63) is 29.6 Å². The Hall–Kier alpha value is -1.14. The van der Waals surface area contributed by atoms with Gasteiger partial charge >= 0.3 is 0 Å². The van der Waals surface area contributed by atoms with E-state index in [4.69, 9.17) is 4.74 Å². The molecule has 0 amide bonds. The van der Waals surface area contributed by atoms with E-state index in [0.717, 1.165) is 5.56 Å². The molecule has 1 aromatic rings. The smallest absolute Gasteiger partial charge is 0.153 e. The van der Waals surface area contributed by atoms with E-state index in [1.165, 1.54) is 12.1 Å². The molecule has 0 saturated heterocycles. The molecule has 0 radical (unpaired) electrons. The van der Waals surface area contributed by atoms with Crippen molar-refractivity contribution in [2.24, 2.45) is 0 Å². The van der Waals surface area contributed by atoms with Gasteiger partial charge in [-0.05, 0) is 38.5 Å². The molecule has 1 rings (SSSR count). The zero-order chi connectivity index (χ0) is 16.1. The Balaban J connectivity index is 2.65. The highest BCUT2D eigenvalue weighted by atomic mass is 32.2. The van der Waals surface area contributed by atoms with Crippen molar-refractivity contribution in [3.8, 4) is 5.75 Å². The summed E-state index contributed by atoms with van der Waals surface area (Å²) in [5, 5.41) is 3.26. The van der Waals surface area contributed by atoms with Crippen LogP contribution >= 0.6 is 0 Å². The van der Waals surface area contributed by atoms with Crippen molar-refractivity contribution in [2.75, 3.05) is 18.1 Å². The van der Waals surface area contributed by atoms with Crippen LogP contribution in [0.15, 0.2) is 18.2 Å². The van der Waals surface area contributed by atoms with Gasteiger partial charge in [0.2, 0.25) is 0 Å². The van der Waals surface area contributed by atoms with Gasteiger partial charge in [-0.2, -0.15) is 0 Å². The lowest BCUT2D eigenvalue weighted by atomic mass is 10.1. The average molecular weight is 317 g/mol. The lowest BCUT2D eigenvalue weighted by molar-refractivity contribution is 0.338. The molecule has 0 bridgehead atoms. The van der Waals surface area contributed by atoms with Crippen LogP contribution in [-0.4, -0.2) is 32.1 Å². The van der Waals surface area contributed by atoms with Crippen molar-refractivity contribution < 1.29 is 17.5 Å². The first-order valence-electron chi connectivity index (χ1n) is 6.99. The standard InChI is InChI=1S/C15H24FNO3S/c1-5-21(18,19)7-6-20-14-9-12(8-13(16)10-14)11-17-15(2,3)4/h8-10,17H,5-7,11H2,1-4H3. The highest BCUT2D eigenvalue weighted by Crippen LogP contribution is 2.17. The SMILES string of the molecule is CCS(=O)(=O)CCOc1cc(F)cc(CNC(C)(C)C)c1. The molecule has 0 aliphatic rings. The van der Waals surface area contributed by atoms with Crippen LogP contribution in [0, 0.1) is 5.82 Å². The van der Waals surface area contributed by atoms with Crippen molar-refractivity contribution in [1.29, 1.82) is 0 Å². The summed E-state index contributed by atoms with van der Waals surface area (Å²) in [6, 6.07) is 4.42. The number of benzene rings is 1. The number of ether oxygens (including phenoxy) is 1. The lowest BCUT2D eigenvalue weighted by Crippen LogP contribution is -2.35. The quantitative estimate of drug-likeness (QED) is 0.839. The van der Waals surface area contributed by atoms with Crippen LogP contribution in [0.25, 0.3) is 0 Å². The number of hydrogen-bond donors (Lipinski definition) is 1. The second-order valence-electron chi connectivity index (χ2n) is 5.98. The minimum absolute atomic E-state index is 0.0335. The van der Waals surface area contributed by atoms with E-state index >= 15 is 0 Å². The van der Waals surface area contributed by atoms with Crippen LogP contribution in [-0.2, 0) is 16.4 Å². The first-order chi connectivity index (χ1) is 9.61. The first kappa shape index (κ1) is 17.9. The van der Waals surface area contributed by atoms with E-state index in [2.05, 4.69) is 5.32 Å². The number of halogens is 1. The monoisotopic (exact) mass is 317 g/mol. The molecule has 6 heteroatoms. The van der Waals surface area contributed by atoms with Crippen molar-refractivity contribution in [2.45, 2.75) is 39.8 Å². The van der Waals surface area contributed by atoms with E-state index in [9.17, 15) is 12.8 Å². The van der Waals surface area contributed by atoms with E-state index in [1.54, 1.807) is 13.0 Å². The second-order valence-corrected chi connectivity index (χ2v) is 8.46. The van der Waals surface area contributed by atoms with Crippen LogP contribution in [0.2, 0.25) is 0 Å². The van der Waals surface area contributed by atoms with Gasteiger partial charge in [-0.15, -0.1) is 0 Å². The number of hydrogen-bond acceptors (Lipinski definition) is 4. The molecule has 0 saturated carbocycles. The predicted octanol–water partition coefficient (Wildman–Crippen LogP) is 2.53. The fourth-order valence-corrected chi connectivity index (χ4v) is 2.23. The summed E-state index contributed by atoms with van der Waals surface area (Å²) < 4.78 is 41.6. The van der Waals surface area contributed by atoms with Crippen LogP contribution < -0.4 is 10.1 Å². The van der Waals surface area contributed by atoms with Gasteiger partial charge in [-0.1, -0.05) is 6.92 Å². The molecule has 0 aliphatic carbocycles. The number of nitrogens with one attached hydrogen (secondary N) is 1. The Kier molecular flexibility index (Phi) is 6.16. The minimum Gasteiger partial charge on any atom is -0.492 e. The van der Waals surface area contributed by atoms with Crippen molar-refractivity contribution in [1.82, 2.24) is 5.32 Å². The number of rotatable bonds is 7. The fourth-order valence-electron chi connectivity index (χ4n) is 1.60. The van der Waals surface area contributed by atoms with Gasteiger partial charge in [-0.25, -0.2) is 12.8 Å². The molecule has 0 heterocycles. The van der Waals surface area contributed by atoms with Crippen LogP contribution in [0.3, 0.4) is 0 Å².